The lowest BCUT2D eigenvalue weighted by Crippen LogP contribution is -2.55. The van der Waals surface area contributed by atoms with Gasteiger partial charge in [-0.3, -0.25) is 0 Å². The number of rotatable bonds is 9. The summed E-state index contributed by atoms with van der Waals surface area (Å²) in [4.78, 5) is 12.6. The zero-order valence-corrected chi connectivity index (χ0v) is 19.8. The number of epoxide rings is 2. The van der Waals surface area contributed by atoms with E-state index < -0.39 is 0 Å². The molecule has 1 saturated carbocycles. The first-order valence-corrected chi connectivity index (χ1v) is 11.7. The van der Waals surface area contributed by atoms with E-state index in [0.29, 0.717) is 5.92 Å². The molecule has 1 aliphatic carbocycles. The lowest BCUT2D eigenvalue weighted by atomic mass is 9.68. The quantitative estimate of drug-likeness (QED) is 0.319. The van der Waals surface area contributed by atoms with Crippen molar-refractivity contribution in [1.29, 1.82) is 0 Å². The summed E-state index contributed by atoms with van der Waals surface area (Å²) < 4.78 is 29.2. The Morgan fingerprint density at radius 2 is 1.97 bits per heavy atom. The molecule has 0 amide bonds. The third-order valence-corrected chi connectivity index (χ3v) is 7.30. The van der Waals surface area contributed by atoms with Gasteiger partial charge in [0, 0.05) is 13.2 Å². The van der Waals surface area contributed by atoms with Crippen LogP contribution in [-0.4, -0.2) is 56.3 Å². The lowest BCUT2D eigenvalue weighted by Gasteiger charge is -2.42. The molecule has 0 N–H and O–H groups in total. The molecule has 0 radical (unpaired) electrons. The van der Waals surface area contributed by atoms with Crippen LogP contribution in [0.2, 0.25) is 0 Å². The molecule has 32 heavy (non-hydrogen) atoms. The van der Waals surface area contributed by atoms with Gasteiger partial charge in [-0.1, -0.05) is 26.0 Å². The molecule has 1 aromatic carbocycles. The SMILES string of the molecule is COc1ccc(C=CC(=O)O[C@@H]2CC[C@]3(CO3)[C@@H]([C@@]3(C)O[C@@H]3CCC(C)C)[C@@H]2OC)cc1. The fourth-order valence-corrected chi connectivity index (χ4v) is 5.34. The molecule has 4 rings (SSSR count). The van der Waals surface area contributed by atoms with Crippen molar-refractivity contribution in [2.75, 3.05) is 20.8 Å². The highest BCUT2D eigenvalue weighted by molar-refractivity contribution is 5.87. The van der Waals surface area contributed by atoms with E-state index in [-0.39, 0.29) is 41.4 Å². The van der Waals surface area contributed by atoms with Crippen LogP contribution in [0.15, 0.2) is 30.3 Å². The van der Waals surface area contributed by atoms with Gasteiger partial charge in [-0.15, -0.1) is 0 Å². The minimum atomic E-state index is -0.363. The number of benzene rings is 1. The average Bonchev–Trinajstić information content (AvgIpc) is 3.69. The highest BCUT2D eigenvalue weighted by atomic mass is 16.6. The van der Waals surface area contributed by atoms with E-state index in [9.17, 15) is 4.79 Å². The Kier molecular flexibility index (Phi) is 6.66. The third-order valence-electron chi connectivity index (χ3n) is 7.30. The van der Waals surface area contributed by atoms with Crippen molar-refractivity contribution in [3.05, 3.63) is 35.9 Å². The first-order valence-electron chi connectivity index (χ1n) is 11.7. The first kappa shape index (κ1) is 23.3. The third kappa shape index (κ3) is 4.73. The first-order chi connectivity index (χ1) is 15.3. The van der Waals surface area contributed by atoms with Crippen molar-refractivity contribution in [3.63, 3.8) is 0 Å². The van der Waals surface area contributed by atoms with Gasteiger partial charge in [0.25, 0.3) is 0 Å². The maximum atomic E-state index is 12.6. The predicted molar refractivity (Wildman–Crippen MR) is 121 cm³/mol. The number of hydrogen-bond acceptors (Lipinski definition) is 6. The van der Waals surface area contributed by atoms with Gasteiger partial charge in [-0.05, 0) is 62.3 Å². The van der Waals surface area contributed by atoms with E-state index in [0.717, 1.165) is 43.6 Å². The molecule has 2 saturated heterocycles. The number of methoxy groups -OCH3 is 2. The highest BCUT2D eigenvalue weighted by Gasteiger charge is 2.72. The van der Waals surface area contributed by atoms with Crippen molar-refractivity contribution in [2.45, 2.75) is 76.0 Å². The van der Waals surface area contributed by atoms with Gasteiger partial charge in [-0.25, -0.2) is 4.79 Å². The summed E-state index contributed by atoms with van der Waals surface area (Å²) in [6, 6.07) is 7.51. The van der Waals surface area contributed by atoms with E-state index in [4.69, 9.17) is 23.7 Å². The van der Waals surface area contributed by atoms with Crippen LogP contribution in [0.5, 0.6) is 5.75 Å². The van der Waals surface area contributed by atoms with Crippen LogP contribution in [0.4, 0.5) is 0 Å². The van der Waals surface area contributed by atoms with Crippen LogP contribution in [0.1, 0.15) is 52.0 Å². The molecule has 2 heterocycles. The summed E-state index contributed by atoms with van der Waals surface area (Å²) in [5, 5.41) is 0. The normalized spacial score (nSPS) is 35.9. The molecule has 0 unspecified atom stereocenters. The molecule has 6 atom stereocenters. The Bertz CT molecular complexity index is 827. The Morgan fingerprint density at radius 3 is 2.56 bits per heavy atom. The van der Waals surface area contributed by atoms with Crippen LogP contribution >= 0.6 is 0 Å². The molecule has 2 aliphatic heterocycles. The van der Waals surface area contributed by atoms with E-state index in [2.05, 4.69) is 20.8 Å². The Morgan fingerprint density at radius 1 is 1.25 bits per heavy atom. The highest BCUT2D eigenvalue weighted by Crippen LogP contribution is 2.59. The summed E-state index contributed by atoms with van der Waals surface area (Å²) in [5.41, 5.74) is 0.407. The molecule has 6 nitrogen and oxygen atoms in total. The predicted octanol–water partition coefficient (Wildman–Crippen LogP) is 4.41. The van der Waals surface area contributed by atoms with Crippen molar-refractivity contribution in [3.8, 4) is 5.75 Å². The maximum absolute atomic E-state index is 12.6. The average molecular weight is 445 g/mol. The summed E-state index contributed by atoms with van der Waals surface area (Å²) in [6.45, 7) is 7.37. The lowest BCUT2D eigenvalue weighted by molar-refractivity contribution is -0.166. The zero-order valence-electron chi connectivity index (χ0n) is 19.8. The monoisotopic (exact) mass is 444 g/mol. The van der Waals surface area contributed by atoms with Crippen LogP contribution in [0, 0.1) is 11.8 Å². The van der Waals surface area contributed by atoms with Crippen molar-refractivity contribution >= 4 is 12.0 Å². The summed E-state index contributed by atoms with van der Waals surface area (Å²) >= 11 is 0. The molecular weight excluding hydrogens is 408 g/mol. The second kappa shape index (κ2) is 9.16. The minimum Gasteiger partial charge on any atom is -0.497 e. The van der Waals surface area contributed by atoms with Crippen LogP contribution in [0.25, 0.3) is 6.08 Å². The number of carbonyl (C=O) groups excluding carboxylic acids is 1. The van der Waals surface area contributed by atoms with Gasteiger partial charge in [0.15, 0.2) is 0 Å². The van der Waals surface area contributed by atoms with Gasteiger partial charge >= 0.3 is 5.97 Å². The molecular formula is C26H36O6. The molecule has 3 aliphatic rings. The number of esters is 1. The summed E-state index contributed by atoms with van der Waals surface area (Å²) in [7, 11) is 3.32. The Balaban J connectivity index is 1.42. The minimum absolute atomic E-state index is 0.0503. The Hall–Kier alpha value is -1.89. The van der Waals surface area contributed by atoms with Gasteiger partial charge in [0.2, 0.25) is 0 Å². The second-order valence-corrected chi connectivity index (χ2v) is 9.91. The standard InChI is InChI=1S/C26H36O6/c1-17(2)6-12-21-25(3,32-21)24-23(29-5)20(14-15-26(24)16-30-26)31-22(27)13-9-18-7-10-19(28-4)11-8-18/h7-11,13,17,20-21,23-24H,6,12,14-16H2,1-5H3/t20-,21-,23-,24-,25+,26+/m1/s1. The van der Waals surface area contributed by atoms with Gasteiger partial charge in [-0.2, -0.15) is 0 Å². The van der Waals surface area contributed by atoms with E-state index in [1.54, 1.807) is 20.3 Å². The second-order valence-electron chi connectivity index (χ2n) is 9.91. The molecule has 0 bridgehead atoms. The fraction of sp³-hybridized carbons (Fsp3) is 0.654. The summed E-state index contributed by atoms with van der Waals surface area (Å²) in [5.74, 6) is 1.11. The van der Waals surface area contributed by atoms with Crippen molar-refractivity contribution in [1.82, 2.24) is 0 Å². The number of ether oxygens (including phenoxy) is 5. The van der Waals surface area contributed by atoms with Crippen LogP contribution in [0.3, 0.4) is 0 Å². The van der Waals surface area contributed by atoms with Crippen molar-refractivity contribution < 1.29 is 28.5 Å². The van der Waals surface area contributed by atoms with E-state index >= 15 is 0 Å². The molecule has 1 aromatic rings. The van der Waals surface area contributed by atoms with Gasteiger partial charge < -0.3 is 23.7 Å². The van der Waals surface area contributed by atoms with Crippen LogP contribution in [-0.2, 0) is 23.7 Å². The molecule has 3 fully saturated rings. The topological polar surface area (TPSA) is 69.8 Å². The molecule has 6 heteroatoms. The van der Waals surface area contributed by atoms with Crippen LogP contribution < -0.4 is 4.74 Å². The number of hydrogen-bond donors (Lipinski definition) is 0. The van der Waals surface area contributed by atoms with Gasteiger partial charge in [0.1, 0.15) is 29.2 Å². The fourth-order valence-electron chi connectivity index (χ4n) is 5.34. The van der Waals surface area contributed by atoms with E-state index in [1.807, 2.05) is 24.3 Å². The van der Waals surface area contributed by atoms with Crippen molar-refractivity contribution in [2.24, 2.45) is 11.8 Å². The maximum Gasteiger partial charge on any atom is 0.331 e. The largest absolute Gasteiger partial charge is 0.497 e. The van der Waals surface area contributed by atoms with E-state index in [1.165, 1.54) is 6.08 Å². The summed E-state index contributed by atoms with van der Waals surface area (Å²) in [6.07, 6.45) is 6.61. The molecule has 1 spiro atoms. The smallest absolute Gasteiger partial charge is 0.331 e. The zero-order chi connectivity index (χ0) is 22.9. The van der Waals surface area contributed by atoms with Gasteiger partial charge in [0.05, 0.1) is 25.7 Å². The Labute approximate surface area is 191 Å². The molecule has 0 aromatic heterocycles. The number of carbonyl (C=O) groups is 1. The molecule has 176 valence electrons.